The van der Waals surface area contributed by atoms with Crippen LogP contribution in [0.4, 0.5) is 5.69 Å². The van der Waals surface area contributed by atoms with Crippen LogP contribution in [0.5, 0.6) is 0 Å². The van der Waals surface area contributed by atoms with Crippen LogP contribution in [0.3, 0.4) is 0 Å². The molecule has 4 nitrogen and oxygen atoms in total. The van der Waals surface area contributed by atoms with Crippen LogP contribution < -0.4 is 10.7 Å². The van der Waals surface area contributed by atoms with E-state index >= 15 is 0 Å². The molecule has 108 valence electrons. The van der Waals surface area contributed by atoms with Crippen molar-refractivity contribution in [2.24, 2.45) is 5.10 Å². The van der Waals surface area contributed by atoms with Gasteiger partial charge in [0.1, 0.15) is 0 Å². The zero-order valence-electron chi connectivity index (χ0n) is 11.5. The van der Waals surface area contributed by atoms with Gasteiger partial charge >= 0.3 is 0 Å². The third-order valence-electron chi connectivity index (χ3n) is 3.32. The van der Waals surface area contributed by atoms with Crippen molar-refractivity contribution >= 4 is 28.9 Å². The molecule has 1 fully saturated rings. The van der Waals surface area contributed by atoms with Crippen molar-refractivity contribution in [1.29, 1.82) is 0 Å². The predicted octanol–water partition coefficient (Wildman–Crippen LogP) is 3.58. The Morgan fingerprint density at radius 2 is 1.75 bits per heavy atom. The van der Waals surface area contributed by atoms with Gasteiger partial charge in [0.25, 0.3) is 5.91 Å². The van der Waals surface area contributed by atoms with Gasteiger partial charge in [-0.25, -0.2) is 5.43 Å². The number of hydrogen-bond donors (Lipinski definition) is 2. The van der Waals surface area contributed by atoms with Crippen molar-refractivity contribution < 1.29 is 4.79 Å². The molecular weight excluding hydrogens is 274 g/mol. The highest BCUT2D eigenvalue weighted by atomic mass is 35.5. The number of rotatable bonds is 4. The molecule has 0 aliphatic heterocycles. The molecule has 1 amide bonds. The first-order valence-electron chi connectivity index (χ1n) is 7.08. The lowest BCUT2D eigenvalue weighted by molar-refractivity contribution is -0.119. The molecule has 0 aromatic heterocycles. The summed E-state index contributed by atoms with van der Waals surface area (Å²) in [5, 5.41) is 7.94. The van der Waals surface area contributed by atoms with E-state index in [0.717, 1.165) is 24.2 Å². The van der Waals surface area contributed by atoms with Crippen LogP contribution in [0.1, 0.15) is 38.5 Å². The second-order valence-electron chi connectivity index (χ2n) is 4.99. The fraction of sp³-hybridized carbons (Fsp3) is 0.467. The molecule has 0 saturated heterocycles. The van der Waals surface area contributed by atoms with E-state index in [1.807, 2.05) is 12.1 Å². The van der Waals surface area contributed by atoms with E-state index in [4.69, 9.17) is 11.6 Å². The molecule has 2 N–H and O–H groups in total. The highest BCUT2D eigenvalue weighted by Crippen LogP contribution is 2.14. The summed E-state index contributed by atoms with van der Waals surface area (Å²) in [5.41, 5.74) is 4.60. The lowest BCUT2D eigenvalue weighted by Gasteiger charge is -2.06. The van der Waals surface area contributed by atoms with E-state index in [-0.39, 0.29) is 12.5 Å². The third kappa shape index (κ3) is 5.21. The molecule has 1 aromatic rings. The van der Waals surface area contributed by atoms with Gasteiger partial charge in [0.05, 0.1) is 6.54 Å². The standard InChI is InChI=1S/C15H20ClN3O/c16-12-7-9-13(10-8-12)17-11-15(20)19-18-14-5-3-1-2-4-6-14/h7-10,17H,1-6,11H2,(H,19,20). The zero-order chi connectivity index (χ0) is 14.2. The number of nitrogens with one attached hydrogen (secondary N) is 2. The molecule has 1 aliphatic rings. The summed E-state index contributed by atoms with van der Waals surface area (Å²) in [4.78, 5) is 11.7. The van der Waals surface area contributed by atoms with E-state index in [1.165, 1.54) is 25.7 Å². The van der Waals surface area contributed by atoms with E-state index in [1.54, 1.807) is 12.1 Å². The van der Waals surface area contributed by atoms with Crippen molar-refractivity contribution in [3.05, 3.63) is 29.3 Å². The Balaban J connectivity index is 1.74. The van der Waals surface area contributed by atoms with Crippen LogP contribution >= 0.6 is 11.6 Å². The first-order chi connectivity index (χ1) is 9.74. The third-order valence-corrected chi connectivity index (χ3v) is 3.57. The normalized spacial score (nSPS) is 15.3. The minimum atomic E-state index is -0.128. The highest BCUT2D eigenvalue weighted by molar-refractivity contribution is 6.30. The molecule has 0 unspecified atom stereocenters. The maximum absolute atomic E-state index is 11.7. The van der Waals surface area contributed by atoms with Gasteiger partial charge in [-0.2, -0.15) is 5.10 Å². The lowest BCUT2D eigenvalue weighted by Crippen LogP contribution is -2.26. The van der Waals surface area contributed by atoms with E-state index in [9.17, 15) is 4.79 Å². The molecule has 1 aliphatic carbocycles. The average molecular weight is 294 g/mol. The van der Waals surface area contributed by atoms with Crippen LogP contribution in [-0.4, -0.2) is 18.2 Å². The van der Waals surface area contributed by atoms with Gasteiger partial charge in [0, 0.05) is 16.4 Å². The Labute approximate surface area is 124 Å². The van der Waals surface area contributed by atoms with Gasteiger partial charge < -0.3 is 5.32 Å². The highest BCUT2D eigenvalue weighted by Gasteiger charge is 2.06. The number of amides is 1. The van der Waals surface area contributed by atoms with E-state index < -0.39 is 0 Å². The molecule has 2 rings (SSSR count). The summed E-state index contributed by atoms with van der Waals surface area (Å²) in [5.74, 6) is -0.128. The van der Waals surface area contributed by atoms with Crippen molar-refractivity contribution in [3.63, 3.8) is 0 Å². The van der Waals surface area contributed by atoms with Crippen molar-refractivity contribution in [2.45, 2.75) is 38.5 Å². The summed E-state index contributed by atoms with van der Waals surface area (Å²) in [6, 6.07) is 7.25. The topological polar surface area (TPSA) is 53.5 Å². The minimum Gasteiger partial charge on any atom is -0.376 e. The van der Waals surface area contributed by atoms with Gasteiger partial charge in [0.2, 0.25) is 0 Å². The van der Waals surface area contributed by atoms with Crippen molar-refractivity contribution in [3.8, 4) is 0 Å². The number of nitrogens with zero attached hydrogens (tertiary/aromatic N) is 1. The molecule has 5 heteroatoms. The van der Waals surface area contributed by atoms with E-state index in [0.29, 0.717) is 5.02 Å². The molecule has 0 atom stereocenters. The Bertz CT molecular complexity index is 461. The number of benzene rings is 1. The van der Waals surface area contributed by atoms with Gasteiger partial charge in [-0.15, -0.1) is 0 Å². The number of anilines is 1. The monoisotopic (exact) mass is 293 g/mol. The Morgan fingerprint density at radius 3 is 2.40 bits per heavy atom. The number of hydrazone groups is 1. The molecule has 1 aromatic carbocycles. The van der Waals surface area contributed by atoms with Crippen LogP contribution in [0.25, 0.3) is 0 Å². The van der Waals surface area contributed by atoms with Crippen LogP contribution in [0.15, 0.2) is 29.4 Å². The van der Waals surface area contributed by atoms with Crippen LogP contribution in [0, 0.1) is 0 Å². The predicted molar refractivity (Wildman–Crippen MR) is 83.2 cm³/mol. The Kier molecular flexibility index (Phi) is 5.87. The van der Waals surface area contributed by atoms with Crippen molar-refractivity contribution in [2.75, 3.05) is 11.9 Å². The smallest absolute Gasteiger partial charge is 0.259 e. The molecule has 0 radical (unpaired) electrons. The minimum absolute atomic E-state index is 0.128. The van der Waals surface area contributed by atoms with Crippen LogP contribution in [0.2, 0.25) is 5.02 Å². The largest absolute Gasteiger partial charge is 0.376 e. The van der Waals surface area contributed by atoms with E-state index in [2.05, 4.69) is 15.8 Å². The molecule has 1 saturated carbocycles. The van der Waals surface area contributed by atoms with Gasteiger partial charge in [-0.05, 0) is 49.9 Å². The molecule has 0 spiro atoms. The number of halogens is 1. The summed E-state index contributed by atoms with van der Waals surface area (Å²) in [6.07, 6.45) is 6.90. The molecular formula is C15H20ClN3O. The Morgan fingerprint density at radius 1 is 1.10 bits per heavy atom. The van der Waals surface area contributed by atoms with Crippen molar-refractivity contribution in [1.82, 2.24) is 5.43 Å². The summed E-state index contributed by atoms with van der Waals surface area (Å²) in [7, 11) is 0. The van der Waals surface area contributed by atoms with Gasteiger partial charge in [0.15, 0.2) is 0 Å². The van der Waals surface area contributed by atoms with Gasteiger partial charge in [-0.3, -0.25) is 4.79 Å². The first-order valence-corrected chi connectivity index (χ1v) is 7.45. The average Bonchev–Trinajstić information content (AvgIpc) is 2.73. The Hall–Kier alpha value is -1.55. The maximum atomic E-state index is 11.7. The summed E-state index contributed by atoms with van der Waals surface area (Å²) < 4.78 is 0. The molecule has 0 bridgehead atoms. The SMILES string of the molecule is O=C(CNc1ccc(Cl)cc1)NN=C1CCCCCC1. The fourth-order valence-electron chi connectivity index (χ4n) is 2.18. The first kappa shape index (κ1) is 14.9. The number of hydrogen-bond acceptors (Lipinski definition) is 3. The lowest BCUT2D eigenvalue weighted by atomic mass is 10.2. The molecule has 0 heterocycles. The summed E-state index contributed by atoms with van der Waals surface area (Å²) >= 11 is 5.80. The second-order valence-corrected chi connectivity index (χ2v) is 5.42. The number of carbonyl (C=O) groups excluding carboxylic acids is 1. The zero-order valence-corrected chi connectivity index (χ0v) is 12.2. The fourth-order valence-corrected chi connectivity index (χ4v) is 2.31. The molecule has 20 heavy (non-hydrogen) atoms. The number of carbonyl (C=O) groups is 1. The quantitative estimate of drug-likeness (QED) is 0.658. The summed E-state index contributed by atoms with van der Waals surface area (Å²) in [6.45, 7) is 0.207. The maximum Gasteiger partial charge on any atom is 0.259 e. The van der Waals surface area contributed by atoms with Crippen LogP contribution in [-0.2, 0) is 4.79 Å². The van der Waals surface area contributed by atoms with Gasteiger partial charge in [-0.1, -0.05) is 24.4 Å². The second kappa shape index (κ2) is 7.90.